The number of aromatic nitrogens is 4. The van der Waals surface area contributed by atoms with E-state index in [1.165, 1.54) is 57.8 Å². The predicted molar refractivity (Wildman–Crippen MR) is 139 cm³/mol. The SMILES string of the molecule is Cc1nc2nc(Cl)nc(Cl)c2n1CCCCCCCCCCCCCCCC(=O)OC[C@H](O)CO. The summed E-state index contributed by atoms with van der Waals surface area (Å²) in [7, 11) is 0. The van der Waals surface area contributed by atoms with E-state index in [1.807, 2.05) is 6.92 Å². The molecule has 0 amide bonds. The minimum Gasteiger partial charge on any atom is -0.463 e. The van der Waals surface area contributed by atoms with Crippen molar-refractivity contribution in [1.82, 2.24) is 19.5 Å². The number of hydrogen-bond donors (Lipinski definition) is 2. The number of aliphatic hydroxyl groups is 2. The minimum absolute atomic E-state index is 0.125. The number of unbranched alkanes of at least 4 members (excludes halogenated alkanes) is 12. The second-order valence-electron chi connectivity index (χ2n) is 9.13. The summed E-state index contributed by atoms with van der Waals surface area (Å²) in [5.41, 5.74) is 1.33. The molecule has 2 aromatic heterocycles. The van der Waals surface area contributed by atoms with Crippen molar-refractivity contribution in [2.75, 3.05) is 13.2 Å². The fourth-order valence-electron chi connectivity index (χ4n) is 4.15. The summed E-state index contributed by atoms with van der Waals surface area (Å²) in [5.74, 6) is 0.586. The van der Waals surface area contributed by atoms with Crippen molar-refractivity contribution in [2.45, 2.75) is 109 Å². The van der Waals surface area contributed by atoms with Crippen molar-refractivity contribution >= 4 is 40.3 Å². The van der Waals surface area contributed by atoms with Crippen LogP contribution in [0.1, 0.15) is 95.7 Å². The van der Waals surface area contributed by atoms with Gasteiger partial charge in [-0.25, -0.2) is 9.97 Å². The lowest BCUT2D eigenvalue weighted by Crippen LogP contribution is -2.21. The molecule has 0 aliphatic heterocycles. The van der Waals surface area contributed by atoms with Crippen LogP contribution in [0.3, 0.4) is 0 Å². The highest BCUT2D eigenvalue weighted by molar-refractivity contribution is 6.35. The van der Waals surface area contributed by atoms with Crippen LogP contribution in [0.25, 0.3) is 11.2 Å². The molecular formula is C25H40Cl2N4O4. The number of aryl methyl sites for hydroxylation is 2. The molecule has 0 saturated carbocycles. The predicted octanol–water partition coefficient (Wildman–Crippen LogP) is 5.80. The fourth-order valence-corrected chi connectivity index (χ4v) is 4.62. The Morgan fingerprint density at radius 2 is 1.43 bits per heavy atom. The molecule has 198 valence electrons. The van der Waals surface area contributed by atoms with Crippen LogP contribution in [0.2, 0.25) is 10.4 Å². The lowest BCUT2D eigenvalue weighted by Gasteiger charge is -2.08. The van der Waals surface area contributed by atoms with E-state index in [0.29, 0.717) is 17.2 Å². The van der Waals surface area contributed by atoms with Crippen LogP contribution in [-0.2, 0) is 16.1 Å². The number of ether oxygens (including phenoxy) is 1. The number of esters is 1. The summed E-state index contributed by atoms with van der Waals surface area (Å²) >= 11 is 12.1. The molecule has 10 heteroatoms. The average Bonchev–Trinajstić information content (AvgIpc) is 3.14. The maximum Gasteiger partial charge on any atom is 0.305 e. The van der Waals surface area contributed by atoms with Crippen molar-refractivity contribution in [2.24, 2.45) is 0 Å². The van der Waals surface area contributed by atoms with E-state index in [0.717, 1.165) is 43.6 Å². The van der Waals surface area contributed by atoms with Gasteiger partial charge >= 0.3 is 5.97 Å². The summed E-state index contributed by atoms with van der Waals surface area (Å²) in [4.78, 5) is 24.1. The normalized spacial score (nSPS) is 12.4. The van der Waals surface area contributed by atoms with Gasteiger partial charge in [0.1, 0.15) is 24.1 Å². The lowest BCUT2D eigenvalue weighted by molar-refractivity contribution is -0.147. The summed E-state index contributed by atoms with van der Waals surface area (Å²) in [6.07, 6.45) is 14.8. The van der Waals surface area contributed by atoms with Gasteiger partial charge in [0.15, 0.2) is 10.8 Å². The molecule has 35 heavy (non-hydrogen) atoms. The van der Waals surface area contributed by atoms with Crippen molar-refractivity contribution in [3.05, 3.63) is 16.3 Å². The maximum absolute atomic E-state index is 11.5. The molecule has 0 aliphatic rings. The standard InChI is InChI=1S/C25H40Cl2N4O4/c1-19-28-24-22(23(26)29-25(27)30-24)31(19)16-14-12-10-8-6-4-2-3-5-7-9-11-13-15-21(34)35-18-20(33)17-32/h20,32-33H,2-18H2,1H3/t20-/m1/s1. The largest absolute Gasteiger partial charge is 0.463 e. The summed E-state index contributed by atoms with van der Waals surface area (Å²) in [6.45, 7) is 2.30. The van der Waals surface area contributed by atoms with E-state index >= 15 is 0 Å². The number of carbonyl (C=O) groups is 1. The Hall–Kier alpha value is -1.48. The summed E-state index contributed by atoms with van der Waals surface area (Å²) in [5, 5.41) is 18.3. The monoisotopic (exact) mass is 530 g/mol. The smallest absolute Gasteiger partial charge is 0.305 e. The summed E-state index contributed by atoms with van der Waals surface area (Å²) in [6, 6.07) is 0. The van der Waals surface area contributed by atoms with Crippen LogP contribution in [0.5, 0.6) is 0 Å². The first-order chi connectivity index (χ1) is 16.9. The third-order valence-corrected chi connectivity index (χ3v) is 6.57. The second-order valence-corrected chi connectivity index (χ2v) is 9.83. The topological polar surface area (TPSA) is 110 Å². The molecule has 1 atom stereocenters. The van der Waals surface area contributed by atoms with Crippen LogP contribution in [0.15, 0.2) is 0 Å². The Labute approximate surface area is 218 Å². The first-order valence-electron chi connectivity index (χ1n) is 12.9. The van der Waals surface area contributed by atoms with Gasteiger partial charge in [-0.05, 0) is 31.4 Å². The van der Waals surface area contributed by atoms with Gasteiger partial charge in [0.05, 0.1) is 6.61 Å². The van der Waals surface area contributed by atoms with Crippen molar-refractivity contribution < 1.29 is 19.7 Å². The highest BCUT2D eigenvalue weighted by Gasteiger charge is 2.14. The lowest BCUT2D eigenvalue weighted by atomic mass is 10.0. The highest BCUT2D eigenvalue weighted by Crippen LogP contribution is 2.24. The summed E-state index contributed by atoms with van der Waals surface area (Å²) < 4.78 is 6.97. The Bertz CT molecular complexity index is 894. The number of hydrogen-bond acceptors (Lipinski definition) is 7. The third-order valence-electron chi connectivity index (χ3n) is 6.13. The van der Waals surface area contributed by atoms with Gasteiger partial charge in [-0.15, -0.1) is 0 Å². The van der Waals surface area contributed by atoms with Crippen LogP contribution >= 0.6 is 23.2 Å². The van der Waals surface area contributed by atoms with Gasteiger partial charge in [-0.3, -0.25) is 4.79 Å². The molecule has 0 radical (unpaired) electrons. The molecule has 0 bridgehead atoms. The zero-order valence-corrected chi connectivity index (χ0v) is 22.4. The van der Waals surface area contributed by atoms with Crippen LogP contribution in [-0.4, -0.2) is 55.0 Å². The van der Waals surface area contributed by atoms with Crippen LogP contribution in [0, 0.1) is 6.92 Å². The first kappa shape index (κ1) is 29.7. The molecule has 2 N–H and O–H groups in total. The van der Waals surface area contributed by atoms with E-state index in [9.17, 15) is 4.79 Å². The van der Waals surface area contributed by atoms with Gasteiger partial charge in [0.2, 0.25) is 5.28 Å². The number of nitrogens with zero attached hydrogens (tertiary/aromatic N) is 4. The van der Waals surface area contributed by atoms with Crippen LogP contribution < -0.4 is 0 Å². The molecule has 2 rings (SSSR count). The van der Waals surface area contributed by atoms with Gasteiger partial charge in [-0.1, -0.05) is 82.2 Å². The minimum atomic E-state index is -0.978. The molecule has 2 aromatic rings. The molecule has 2 heterocycles. The van der Waals surface area contributed by atoms with Gasteiger partial charge in [0.25, 0.3) is 0 Å². The van der Waals surface area contributed by atoms with E-state index < -0.39 is 6.10 Å². The van der Waals surface area contributed by atoms with E-state index in [-0.39, 0.29) is 24.5 Å². The molecule has 0 saturated heterocycles. The van der Waals surface area contributed by atoms with Gasteiger partial charge in [-0.2, -0.15) is 4.98 Å². The van der Waals surface area contributed by atoms with Crippen molar-refractivity contribution in [3.63, 3.8) is 0 Å². The Kier molecular flexibility index (Phi) is 14.5. The van der Waals surface area contributed by atoms with Gasteiger partial charge in [0, 0.05) is 13.0 Å². The molecule has 0 aliphatic carbocycles. The zero-order chi connectivity index (χ0) is 25.5. The molecule has 8 nitrogen and oxygen atoms in total. The van der Waals surface area contributed by atoms with Crippen molar-refractivity contribution in [3.8, 4) is 0 Å². The number of fused-ring (bicyclic) bond motifs is 1. The molecule has 0 aromatic carbocycles. The van der Waals surface area contributed by atoms with Gasteiger partial charge < -0.3 is 19.5 Å². The first-order valence-corrected chi connectivity index (χ1v) is 13.7. The molecular weight excluding hydrogens is 491 g/mol. The average molecular weight is 532 g/mol. The fraction of sp³-hybridized carbons (Fsp3) is 0.760. The zero-order valence-electron chi connectivity index (χ0n) is 20.9. The second kappa shape index (κ2) is 17.1. The molecule has 0 unspecified atom stereocenters. The van der Waals surface area contributed by atoms with E-state index in [1.54, 1.807) is 0 Å². The van der Waals surface area contributed by atoms with Crippen LogP contribution in [0.4, 0.5) is 0 Å². The van der Waals surface area contributed by atoms with Crippen molar-refractivity contribution in [1.29, 1.82) is 0 Å². The number of carbonyl (C=O) groups excluding carboxylic acids is 1. The number of rotatable bonds is 19. The number of halogens is 2. The third kappa shape index (κ3) is 11.4. The Balaban J connectivity index is 1.39. The Morgan fingerprint density at radius 1 is 0.886 bits per heavy atom. The Morgan fingerprint density at radius 3 is 2.00 bits per heavy atom. The number of imidazole rings is 1. The maximum atomic E-state index is 11.5. The number of aliphatic hydroxyl groups excluding tert-OH is 2. The molecule has 0 fully saturated rings. The highest BCUT2D eigenvalue weighted by atomic mass is 35.5. The quantitative estimate of drug-likeness (QED) is 0.102. The van der Waals surface area contributed by atoms with E-state index in [4.69, 9.17) is 38.2 Å². The van der Waals surface area contributed by atoms with E-state index in [2.05, 4.69) is 19.5 Å². The molecule has 0 spiro atoms.